The minimum absolute atomic E-state index is 0.297. The van der Waals surface area contributed by atoms with Crippen molar-refractivity contribution in [1.29, 1.82) is 0 Å². The predicted molar refractivity (Wildman–Crippen MR) is 130 cm³/mol. The first-order valence-corrected chi connectivity index (χ1v) is 11.9. The van der Waals surface area contributed by atoms with Crippen molar-refractivity contribution in [3.8, 4) is 0 Å². The van der Waals surface area contributed by atoms with Gasteiger partial charge in [-0.15, -0.1) is 11.3 Å². The summed E-state index contributed by atoms with van der Waals surface area (Å²) >= 11 is 1.29. The van der Waals surface area contributed by atoms with Gasteiger partial charge in [-0.25, -0.2) is 9.59 Å². The molecule has 176 valence electrons. The normalized spacial score (nSPS) is 12.6. The van der Waals surface area contributed by atoms with Crippen LogP contribution >= 0.6 is 11.3 Å². The first kappa shape index (κ1) is 23.5. The molecule has 1 N–H and O–H groups in total. The molecule has 0 atom stereocenters. The summed E-state index contributed by atoms with van der Waals surface area (Å²) in [7, 11) is 1.32. The van der Waals surface area contributed by atoms with Gasteiger partial charge < -0.3 is 19.7 Å². The number of hydrogen-bond acceptors (Lipinski definition) is 6. The number of esters is 1. The average molecular weight is 479 g/mol. The van der Waals surface area contributed by atoms with E-state index in [2.05, 4.69) is 17.4 Å². The van der Waals surface area contributed by atoms with Crippen molar-refractivity contribution in [2.24, 2.45) is 0 Å². The highest BCUT2D eigenvalue weighted by Crippen LogP contribution is 2.38. The lowest BCUT2D eigenvalue weighted by Crippen LogP contribution is -2.36. The van der Waals surface area contributed by atoms with Crippen molar-refractivity contribution in [3.05, 3.63) is 87.3 Å². The van der Waals surface area contributed by atoms with Crippen LogP contribution in [-0.2, 0) is 28.9 Å². The molecule has 0 bridgehead atoms. The Bertz CT molecular complexity index is 1190. The van der Waals surface area contributed by atoms with Gasteiger partial charge in [0.25, 0.3) is 5.91 Å². The number of rotatable bonds is 6. The third kappa shape index (κ3) is 5.12. The van der Waals surface area contributed by atoms with Crippen molar-refractivity contribution in [1.82, 2.24) is 4.90 Å². The van der Waals surface area contributed by atoms with Gasteiger partial charge in [-0.1, -0.05) is 42.5 Å². The van der Waals surface area contributed by atoms with E-state index in [-0.39, 0.29) is 12.0 Å². The van der Waals surface area contributed by atoms with Gasteiger partial charge in [-0.05, 0) is 48.6 Å². The van der Waals surface area contributed by atoms with E-state index in [0.717, 1.165) is 22.4 Å². The van der Waals surface area contributed by atoms with Gasteiger partial charge in [-0.3, -0.25) is 4.79 Å². The van der Waals surface area contributed by atoms with Gasteiger partial charge in [0, 0.05) is 17.0 Å². The highest BCUT2D eigenvalue weighted by Gasteiger charge is 2.31. The molecule has 1 aliphatic rings. The quantitative estimate of drug-likeness (QED) is 0.510. The van der Waals surface area contributed by atoms with Crippen molar-refractivity contribution in [2.45, 2.75) is 26.3 Å². The molecule has 7 nitrogen and oxygen atoms in total. The number of carbonyl (C=O) groups excluding carboxylic acids is 3. The van der Waals surface area contributed by atoms with Gasteiger partial charge >= 0.3 is 12.1 Å². The number of anilines is 1. The minimum Gasteiger partial charge on any atom is -0.465 e. The summed E-state index contributed by atoms with van der Waals surface area (Å²) in [4.78, 5) is 40.1. The van der Waals surface area contributed by atoms with Gasteiger partial charge in [0.1, 0.15) is 5.00 Å². The molecule has 0 saturated heterocycles. The van der Waals surface area contributed by atoms with Crippen molar-refractivity contribution >= 4 is 34.3 Å². The van der Waals surface area contributed by atoms with E-state index in [1.807, 2.05) is 30.3 Å². The smallest absolute Gasteiger partial charge is 0.410 e. The molecule has 2 heterocycles. The van der Waals surface area contributed by atoms with Crippen LogP contribution < -0.4 is 5.32 Å². The zero-order chi connectivity index (χ0) is 24.1. The highest BCUT2D eigenvalue weighted by molar-refractivity contribution is 7.17. The number of ether oxygens (including phenoxy) is 2. The van der Waals surface area contributed by atoms with Crippen LogP contribution in [0.15, 0.2) is 54.6 Å². The second kappa shape index (κ2) is 10.5. The second-order valence-electron chi connectivity index (χ2n) is 7.88. The third-order valence-corrected chi connectivity index (χ3v) is 6.80. The van der Waals surface area contributed by atoms with Gasteiger partial charge in [0.2, 0.25) is 0 Å². The van der Waals surface area contributed by atoms with E-state index in [4.69, 9.17) is 9.47 Å². The number of methoxy groups -OCH3 is 1. The average Bonchev–Trinajstić information content (AvgIpc) is 3.21. The number of benzene rings is 2. The Balaban J connectivity index is 1.52. The fraction of sp³-hybridized carbons (Fsp3) is 0.269. The lowest BCUT2D eigenvalue weighted by Gasteiger charge is -2.26. The van der Waals surface area contributed by atoms with Crippen LogP contribution in [0.2, 0.25) is 0 Å². The maximum absolute atomic E-state index is 13.0. The lowest BCUT2D eigenvalue weighted by molar-refractivity contribution is 0.0600. The van der Waals surface area contributed by atoms with E-state index in [1.54, 1.807) is 24.0 Å². The van der Waals surface area contributed by atoms with E-state index in [1.165, 1.54) is 24.0 Å². The van der Waals surface area contributed by atoms with Crippen LogP contribution in [0.4, 0.5) is 9.80 Å². The zero-order valence-corrected chi connectivity index (χ0v) is 19.9. The number of amides is 2. The minimum atomic E-state index is -0.504. The van der Waals surface area contributed by atoms with E-state index < -0.39 is 5.97 Å². The van der Waals surface area contributed by atoms with Crippen LogP contribution in [0, 0.1) is 0 Å². The summed E-state index contributed by atoms with van der Waals surface area (Å²) in [6, 6.07) is 17.5. The molecule has 0 spiro atoms. The molecule has 0 saturated carbocycles. The Hall–Kier alpha value is -3.65. The maximum atomic E-state index is 13.0. The number of hydrogen-bond donors (Lipinski definition) is 1. The molecule has 2 amide bonds. The number of nitrogens with zero attached hydrogens (tertiary/aromatic N) is 1. The molecule has 0 unspecified atom stereocenters. The van der Waals surface area contributed by atoms with Crippen LogP contribution in [0.5, 0.6) is 0 Å². The van der Waals surface area contributed by atoms with Crippen LogP contribution in [0.1, 0.15) is 49.2 Å². The van der Waals surface area contributed by atoms with Crippen molar-refractivity contribution < 1.29 is 23.9 Å². The van der Waals surface area contributed by atoms with E-state index >= 15 is 0 Å². The summed E-state index contributed by atoms with van der Waals surface area (Å²) in [6.45, 7) is 2.82. The molecule has 1 aliphatic heterocycles. The number of nitrogens with one attached hydrogen (secondary N) is 1. The Morgan fingerprint density at radius 1 is 1.03 bits per heavy atom. The van der Waals surface area contributed by atoms with Gasteiger partial charge in [-0.2, -0.15) is 0 Å². The molecule has 2 aromatic carbocycles. The summed E-state index contributed by atoms with van der Waals surface area (Å²) in [6.07, 6.45) is 0.880. The second-order valence-corrected chi connectivity index (χ2v) is 8.99. The Kier molecular flexibility index (Phi) is 7.27. The predicted octanol–water partition coefficient (Wildman–Crippen LogP) is 4.89. The Morgan fingerprint density at radius 3 is 2.41 bits per heavy atom. The monoisotopic (exact) mass is 478 g/mol. The highest BCUT2D eigenvalue weighted by atomic mass is 32.1. The fourth-order valence-electron chi connectivity index (χ4n) is 3.96. The maximum Gasteiger partial charge on any atom is 0.410 e. The standard InChI is InChI=1S/C26H26N2O5S/c1-3-33-26(31)28-14-13-20-21(16-28)34-24(22(20)25(30)32-2)27-23(29)19-11-9-18(10-12-19)15-17-7-5-4-6-8-17/h4-12H,3,13-16H2,1-2H3,(H,27,29). The van der Waals surface area contributed by atoms with E-state index in [0.29, 0.717) is 42.2 Å². The summed E-state index contributed by atoms with van der Waals surface area (Å²) in [5.41, 5.74) is 3.96. The molecule has 0 fully saturated rings. The number of thiophene rings is 1. The van der Waals surface area contributed by atoms with Gasteiger partial charge in [0.05, 0.1) is 25.8 Å². The molecule has 3 aromatic rings. The molecular formula is C26H26N2O5S. The number of carbonyl (C=O) groups is 3. The van der Waals surface area contributed by atoms with E-state index in [9.17, 15) is 14.4 Å². The number of fused-ring (bicyclic) bond motifs is 1. The fourth-order valence-corrected chi connectivity index (χ4v) is 5.21. The Morgan fingerprint density at radius 2 is 1.74 bits per heavy atom. The SMILES string of the molecule is CCOC(=O)N1CCc2c(sc(NC(=O)c3ccc(Cc4ccccc4)cc3)c2C(=O)OC)C1. The molecule has 8 heteroatoms. The summed E-state index contributed by atoms with van der Waals surface area (Å²) < 4.78 is 10.1. The van der Waals surface area contributed by atoms with Crippen LogP contribution in [0.3, 0.4) is 0 Å². The molecule has 1 aromatic heterocycles. The molecule has 0 aliphatic carbocycles. The summed E-state index contributed by atoms with van der Waals surface area (Å²) in [5.74, 6) is -0.812. The molecular weight excluding hydrogens is 452 g/mol. The van der Waals surface area contributed by atoms with Crippen LogP contribution in [0.25, 0.3) is 0 Å². The van der Waals surface area contributed by atoms with Gasteiger partial charge in [0.15, 0.2) is 0 Å². The molecule has 34 heavy (non-hydrogen) atoms. The zero-order valence-electron chi connectivity index (χ0n) is 19.1. The Labute approximate surface area is 202 Å². The lowest BCUT2D eigenvalue weighted by atomic mass is 10.0. The first-order valence-electron chi connectivity index (χ1n) is 11.1. The van der Waals surface area contributed by atoms with Crippen molar-refractivity contribution in [3.63, 3.8) is 0 Å². The van der Waals surface area contributed by atoms with Crippen molar-refractivity contribution in [2.75, 3.05) is 25.6 Å². The first-order chi connectivity index (χ1) is 16.5. The third-order valence-electron chi connectivity index (χ3n) is 5.67. The molecule has 0 radical (unpaired) electrons. The summed E-state index contributed by atoms with van der Waals surface area (Å²) in [5, 5.41) is 3.31. The largest absolute Gasteiger partial charge is 0.465 e. The topological polar surface area (TPSA) is 84.9 Å². The molecule has 4 rings (SSSR count). The van der Waals surface area contributed by atoms with Crippen LogP contribution in [-0.4, -0.2) is 43.1 Å².